The molecule has 0 radical (unpaired) electrons. The lowest BCUT2D eigenvalue weighted by atomic mass is 10.0. The number of halogens is 1. The smallest absolute Gasteiger partial charge is 0.252 e. The second-order valence-electron chi connectivity index (χ2n) is 6.73. The van der Waals surface area contributed by atoms with Crippen molar-refractivity contribution in [2.24, 2.45) is 0 Å². The van der Waals surface area contributed by atoms with Gasteiger partial charge in [-0.15, -0.1) is 0 Å². The first-order valence-electron chi connectivity index (χ1n) is 9.15. The minimum absolute atomic E-state index is 0.00297. The first kappa shape index (κ1) is 18.9. The van der Waals surface area contributed by atoms with Crippen LogP contribution in [0.25, 0.3) is 0 Å². The molecule has 1 amide bonds. The van der Waals surface area contributed by atoms with E-state index in [-0.39, 0.29) is 18.6 Å². The van der Waals surface area contributed by atoms with E-state index in [1.54, 1.807) is 12.1 Å². The van der Waals surface area contributed by atoms with Crippen LogP contribution in [0.3, 0.4) is 0 Å². The molecule has 1 fully saturated rings. The van der Waals surface area contributed by atoms with Crippen molar-refractivity contribution in [1.29, 1.82) is 0 Å². The van der Waals surface area contributed by atoms with Crippen LogP contribution in [0.1, 0.15) is 46.8 Å². The van der Waals surface area contributed by atoms with Gasteiger partial charge in [0.1, 0.15) is 0 Å². The van der Waals surface area contributed by atoms with E-state index in [1.807, 2.05) is 36.4 Å². The minimum atomic E-state index is -0.246. The van der Waals surface area contributed by atoms with Crippen LogP contribution in [0.15, 0.2) is 48.5 Å². The second-order valence-corrected chi connectivity index (χ2v) is 7.17. The van der Waals surface area contributed by atoms with Crippen molar-refractivity contribution in [3.63, 3.8) is 0 Å². The van der Waals surface area contributed by atoms with Crippen LogP contribution in [0.5, 0.6) is 0 Å². The highest BCUT2D eigenvalue weighted by Gasteiger charge is 2.19. The number of carbonyl (C=O) groups excluding carboxylic acids is 1. The lowest BCUT2D eigenvalue weighted by Crippen LogP contribution is -2.30. The van der Waals surface area contributed by atoms with Gasteiger partial charge in [-0.3, -0.25) is 9.69 Å². The third-order valence-corrected chi connectivity index (χ3v) is 5.10. The molecular weight excluding hydrogens is 348 g/mol. The summed E-state index contributed by atoms with van der Waals surface area (Å²) in [7, 11) is 0. The molecule has 0 aliphatic carbocycles. The van der Waals surface area contributed by atoms with Gasteiger partial charge in [0.25, 0.3) is 5.91 Å². The summed E-state index contributed by atoms with van der Waals surface area (Å²) in [6.45, 7) is 2.99. The van der Waals surface area contributed by atoms with Gasteiger partial charge in [-0.25, -0.2) is 0 Å². The Labute approximate surface area is 159 Å². The molecule has 5 heteroatoms. The zero-order chi connectivity index (χ0) is 18.4. The van der Waals surface area contributed by atoms with Gasteiger partial charge in [-0.1, -0.05) is 41.9 Å². The van der Waals surface area contributed by atoms with Crippen molar-refractivity contribution >= 4 is 17.5 Å². The number of benzene rings is 2. The number of hydrogen-bond acceptors (Lipinski definition) is 3. The summed E-state index contributed by atoms with van der Waals surface area (Å²) in [5, 5.41) is 13.1. The third-order valence-electron chi connectivity index (χ3n) is 4.85. The van der Waals surface area contributed by atoms with Crippen LogP contribution in [0.4, 0.5) is 0 Å². The average Bonchev–Trinajstić information content (AvgIpc) is 3.15. The number of nitrogens with zero attached hydrogens (tertiary/aromatic N) is 1. The Kier molecular flexibility index (Phi) is 6.67. The Bertz CT molecular complexity index is 727. The predicted molar refractivity (Wildman–Crippen MR) is 104 cm³/mol. The fraction of sp³-hybridized carbons (Fsp3) is 0.381. The molecule has 1 atom stereocenters. The standard InChI is InChI=1S/C21H25ClN2O2/c22-18-9-7-16(8-10-18)20(11-14-25)23-21(26)19-6-2-1-5-17(19)15-24-12-3-4-13-24/h1-2,5-10,20,25H,3-4,11-15H2,(H,23,26). The molecule has 2 aromatic rings. The van der Waals surface area contributed by atoms with Crippen molar-refractivity contribution in [3.05, 3.63) is 70.2 Å². The number of aliphatic hydroxyl groups is 1. The summed E-state index contributed by atoms with van der Waals surface area (Å²) in [4.78, 5) is 15.3. The minimum Gasteiger partial charge on any atom is -0.396 e. The topological polar surface area (TPSA) is 52.6 Å². The van der Waals surface area contributed by atoms with Gasteiger partial charge >= 0.3 is 0 Å². The van der Waals surface area contributed by atoms with Gasteiger partial charge in [0.15, 0.2) is 0 Å². The van der Waals surface area contributed by atoms with E-state index >= 15 is 0 Å². The van der Waals surface area contributed by atoms with Gasteiger partial charge in [-0.2, -0.15) is 0 Å². The van der Waals surface area contributed by atoms with Crippen molar-refractivity contribution in [3.8, 4) is 0 Å². The largest absolute Gasteiger partial charge is 0.396 e. The maximum absolute atomic E-state index is 12.9. The van der Waals surface area contributed by atoms with Crippen LogP contribution in [-0.4, -0.2) is 35.6 Å². The van der Waals surface area contributed by atoms with Crippen molar-refractivity contribution in [1.82, 2.24) is 10.2 Å². The first-order valence-corrected chi connectivity index (χ1v) is 9.52. The predicted octanol–water partition coefficient (Wildman–Crippen LogP) is 3.79. The number of aliphatic hydroxyl groups excluding tert-OH is 1. The number of carbonyl (C=O) groups is 1. The summed E-state index contributed by atoms with van der Waals surface area (Å²) < 4.78 is 0. The lowest BCUT2D eigenvalue weighted by Gasteiger charge is -2.21. The van der Waals surface area contributed by atoms with Crippen molar-refractivity contribution in [2.45, 2.75) is 31.8 Å². The highest BCUT2D eigenvalue weighted by atomic mass is 35.5. The van der Waals surface area contributed by atoms with E-state index in [0.29, 0.717) is 17.0 Å². The zero-order valence-corrected chi connectivity index (χ0v) is 15.6. The first-order chi connectivity index (χ1) is 12.7. The monoisotopic (exact) mass is 372 g/mol. The molecular formula is C21H25ClN2O2. The van der Waals surface area contributed by atoms with Gasteiger partial charge in [-0.05, 0) is 61.7 Å². The molecule has 26 heavy (non-hydrogen) atoms. The highest BCUT2D eigenvalue weighted by Crippen LogP contribution is 2.21. The summed E-state index contributed by atoms with van der Waals surface area (Å²) >= 11 is 5.96. The van der Waals surface area contributed by atoms with E-state index in [9.17, 15) is 9.90 Å². The van der Waals surface area contributed by atoms with Gasteiger partial charge in [0.2, 0.25) is 0 Å². The Balaban J connectivity index is 1.75. The normalized spacial score (nSPS) is 15.8. The van der Waals surface area contributed by atoms with Crippen molar-refractivity contribution in [2.75, 3.05) is 19.7 Å². The Morgan fingerprint density at radius 1 is 1.12 bits per heavy atom. The van der Waals surface area contributed by atoms with Crippen LogP contribution in [-0.2, 0) is 6.54 Å². The van der Waals surface area contributed by atoms with Crippen LogP contribution in [0.2, 0.25) is 5.02 Å². The fourth-order valence-electron chi connectivity index (χ4n) is 3.44. The molecule has 4 nitrogen and oxygen atoms in total. The molecule has 1 aliphatic rings. The van der Waals surface area contributed by atoms with Gasteiger partial charge in [0.05, 0.1) is 6.04 Å². The molecule has 0 spiro atoms. The zero-order valence-electron chi connectivity index (χ0n) is 14.8. The molecule has 2 aromatic carbocycles. The van der Waals surface area contributed by atoms with E-state index in [1.165, 1.54) is 12.8 Å². The number of rotatable bonds is 7. The van der Waals surface area contributed by atoms with E-state index < -0.39 is 0 Å². The van der Waals surface area contributed by atoms with Crippen LogP contribution in [0, 0.1) is 0 Å². The summed E-state index contributed by atoms with van der Waals surface area (Å²) in [5.41, 5.74) is 2.69. The number of nitrogens with one attached hydrogen (secondary N) is 1. The number of hydrogen-bond donors (Lipinski definition) is 2. The van der Waals surface area contributed by atoms with Gasteiger partial charge < -0.3 is 10.4 Å². The fourth-order valence-corrected chi connectivity index (χ4v) is 3.57. The molecule has 0 saturated carbocycles. The molecule has 1 saturated heterocycles. The molecule has 2 N–H and O–H groups in total. The third kappa shape index (κ3) is 4.85. The van der Waals surface area contributed by atoms with Crippen molar-refractivity contribution < 1.29 is 9.90 Å². The maximum atomic E-state index is 12.9. The molecule has 0 aromatic heterocycles. The molecule has 0 bridgehead atoms. The average molecular weight is 373 g/mol. The molecule has 1 heterocycles. The Hall–Kier alpha value is -1.88. The SMILES string of the molecule is O=C(NC(CCO)c1ccc(Cl)cc1)c1ccccc1CN1CCCC1. The number of likely N-dealkylation sites (tertiary alicyclic amines) is 1. The summed E-state index contributed by atoms with van der Waals surface area (Å²) in [6, 6.07) is 14.9. The quantitative estimate of drug-likeness (QED) is 0.777. The highest BCUT2D eigenvalue weighted by molar-refractivity contribution is 6.30. The summed E-state index contributed by atoms with van der Waals surface area (Å²) in [6.07, 6.45) is 2.91. The van der Waals surface area contributed by atoms with E-state index in [2.05, 4.69) is 10.2 Å². The number of amides is 1. The second kappa shape index (κ2) is 9.17. The van der Waals surface area contributed by atoms with E-state index in [0.717, 1.165) is 30.8 Å². The lowest BCUT2D eigenvalue weighted by molar-refractivity contribution is 0.0928. The van der Waals surface area contributed by atoms with E-state index in [4.69, 9.17) is 11.6 Å². The molecule has 138 valence electrons. The van der Waals surface area contributed by atoms with Gasteiger partial charge in [0, 0.05) is 23.7 Å². The van der Waals surface area contributed by atoms with Crippen LogP contribution >= 0.6 is 11.6 Å². The van der Waals surface area contributed by atoms with Crippen LogP contribution < -0.4 is 5.32 Å². The molecule has 1 unspecified atom stereocenters. The Morgan fingerprint density at radius 3 is 2.50 bits per heavy atom. The molecule has 3 rings (SSSR count). The Morgan fingerprint density at radius 2 is 1.81 bits per heavy atom. The molecule has 1 aliphatic heterocycles. The maximum Gasteiger partial charge on any atom is 0.252 e. The summed E-state index contributed by atoms with van der Waals surface area (Å²) in [5.74, 6) is -0.104.